The van der Waals surface area contributed by atoms with Crippen LogP contribution in [0.3, 0.4) is 0 Å². The molecule has 1 aliphatic rings. The molecule has 1 amide bonds. The Labute approximate surface area is 176 Å². The smallest absolute Gasteiger partial charge is 0.235 e. The first-order chi connectivity index (χ1) is 13.6. The van der Waals surface area contributed by atoms with E-state index in [0.717, 1.165) is 42.5 Å². The quantitative estimate of drug-likeness (QED) is 0.542. The number of rotatable bonds is 5. The van der Waals surface area contributed by atoms with Crippen molar-refractivity contribution in [2.45, 2.75) is 30.8 Å². The molecule has 0 saturated carbocycles. The summed E-state index contributed by atoms with van der Waals surface area (Å²) in [5, 5.41) is 14.4. The summed E-state index contributed by atoms with van der Waals surface area (Å²) in [6.45, 7) is 0. The molecule has 3 aromatic rings. The number of thioether (sulfide) groups is 1. The lowest BCUT2D eigenvalue weighted by molar-refractivity contribution is -0.113. The Morgan fingerprint density at radius 2 is 2.11 bits per heavy atom. The Balaban J connectivity index is 1.38. The van der Waals surface area contributed by atoms with E-state index in [1.807, 2.05) is 24.3 Å². The minimum atomic E-state index is -0.135. The molecule has 2 aromatic heterocycles. The lowest BCUT2D eigenvalue weighted by atomic mass is 9.96. The molecule has 0 atom stereocenters. The van der Waals surface area contributed by atoms with Gasteiger partial charge in [0.1, 0.15) is 11.1 Å². The molecule has 4 rings (SSSR count). The van der Waals surface area contributed by atoms with E-state index in [2.05, 4.69) is 21.4 Å². The maximum atomic E-state index is 12.4. The van der Waals surface area contributed by atoms with Crippen LogP contribution in [-0.2, 0) is 17.6 Å². The first kappa shape index (κ1) is 19.1. The number of halogens is 1. The molecule has 0 bridgehead atoms. The van der Waals surface area contributed by atoms with E-state index in [-0.39, 0.29) is 11.7 Å². The van der Waals surface area contributed by atoms with Gasteiger partial charge in [-0.1, -0.05) is 35.5 Å². The van der Waals surface area contributed by atoms with Crippen molar-refractivity contribution in [1.82, 2.24) is 9.97 Å². The van der Waals surface area contributed by atoms with Crippen LogP contribution in [0.15, 0.2) is 35.6 Å². The van der Waals surface area contributed by atoms with Crippen molar-refractivity contribution in [2.75, 3.05) is 11.1 Å². The Hall–Kier alpha value is -2.27. The van der Waals surface area contributed by atoms with Crippen molar-refractivity contribution in [3.8, 4) is 17.3 Å². The summed E-state index contributed by atoms with van der Waals surface area (Å²) in [5.41, 5.74) is 3.62. The fourth-order valence-corrected chi connectivity index (χ4v) is 5.25. The highest BCUT2D eigenvalue weighted by Gasteiger charge is 2.21. The minimum absolute atomic E-state index is 0.135. The van der Waals surface area contributed by atoms with Crippen LogP contribution in [0.25, 0.3) is 11.3 Å². The fourth-order valence-electron chi connectivity index (χ4n) is 3.22. The Kier molecular flexibility index (Phi) is 5.72. The first-order valence-corrected chi connectivity index (χ1v) is 11.1. The van der Waals surface area contributed by atoms with Crippen LogP contribution in [0.5, 0.6) is 0 Å². The van der Waals surface area contributed by atoms with E-state index < -0.39 is 0 Å². The van der Waals surface area contributed by atoms with Gasteiger partial charge >= 0.3 is 0 Å². The van der Waals surface area contributed by atoms with E-state index >= 15 is 0 Å². The van der Waals surface area contributed by atoms with E-state index in [4.69, 9.17) is 11.6 Å². The molecular formula is C20H17ClN4OS2. The minimum Gasteiger partial charge on any atom is -0.333 e. The Morgan fingerprint density at radius 1 is 1.32 bits per heavy atom. The molecule has 1 aliphatic carbocycles. The number of nitrogens with zero attached hydrogens (tertiary/aromatic N) is 2. The summed E-state index contributed by atoms with van der Waals surface area (Å²) in [4.78, 5) is 21.2. The van der Waals surface area contributed by atoms with Crippen LogP contribution in [0.1, 0.15) is 28.8 Å². The van der Waals surface area contributed by atoms with Gasteiger partial charge in [0.15, 0.2) is 5.16 Å². The van der Waals surface area contributed by atoms with Gasteiger partial charge in [-0.05, 0) is 48.9 Å². The van der Waals surface area contributed by atoms with Gasteiger partial charge in [-0.15, -0.1) is 11.3 Å². The molecule has 142 valence electrons. The Bertz CT molecular complexity index is 1050. The van der Waals surface area contributed by atoms with Crippen molar-refractivity contribution in [3.05, 3.63) is 51.5 Å². The van der Waals surface area contributed by atoms with Crippen molar-refractivity contribution in [3.63, 3.8) is 0 Å². The number of anilines is 1. The normalized spacial score (nSPS) is 13.0. The van der Waals surface area contributed by atoms with E-state index in [1.165, 1.54) is 16.6 Å². The average Bonchev–Trinajstić information content (AvgIpc) is 3.31. The van der Waals surface area contributed by atoms with Crippen molar-refractivity contribution < 1.29 is 4.79 Å². The number of hydrogen-bond donors (Lipinski definition) is 2. The lowest BCUT2D eigenvalue weighted by Gasteiger charge is -2.09. The molecule has 5 nitrogen and oxygen atoms in total. The van der Waals surface area contributed by atoms with Crippen molar-refractivity contribution in [2.24, 2.45) is 0 Å². The number of benzene rings is 1. The number of aromatic nitrogens is 2. The molecule has 0 radical (unpaired) electrons. The predicted octanol–water partition coefficient (Wildman–Crippen LogP) is 5.27. The second-order valence-corrected chi connectivity index (χ2v) is 8.98. The molecule has 2 N–H and O–H groups in total. The van der Waals surface area contributed by atoms with E-state index in [1.54, 1.807) is 17.5 Å². The molecule has 28 heavy (non-hydrogen) atoms. The van der Waals surface area contributed by atoms with Gasteiger partial charge in [0.05, 0.1) is 23.2 Å². The van der Waals surface area contributed by atoms with Gasteiger partial charge in [0, 0.05) is 9.90 Å². The monoisotopic (exact) mass is 428 g/mol. The predicted molar refractivity (Wildman–Crippen MR) is 114 cm³/mol. The highest BCUT2D eigenvalue weighted by Crippen LogP contribution is 2.37. The van der Waals surface area contributed by atoms with Crippen LogP contribution < -0.4 is 5.32 Å². The molecule has 2 heterocycles. The zero-order chi connectivity index (χ0) is 19.5. The summed E-state index contributed by atoms with van der Waals surface area (Å²) in [6.07, 6.45) is 5.93. The average molecular weight is 429 g/mol. The number of carbonyl (C=O) groups excluding carboxylic acids is 1. The molecule has 0 spiro atoms. The van der Waals surface area contributed by atoms with Crippen molar-refractivity contribution in [1.29, 1.82) is 5.26 Å². The van der Waals surface area contributed by atoms with Crippen LogP contribution in [0, 0.1) is 11.3 Å². The third-order valence-corrected chi connectivity index (χ3v) is 6.93. The molecule has 8 heteroatoms. The molecule has 0 fully saturated rings. The van der Waals surface area contributed by atoms with E-state index in [0.29, 0.717) is 20.7 Å². The van der Waals surface area contributed by atoms with Crippen LogP contribution >= 0.6 is 34.7 Å². The summed E-state index contributed by atoms with van der Waals surface area (Å²) in [7, 11) is 0. The Morgan fingerprint density at radius 3 is 2.89 bits per heavy atom. The van der Waals surface area contributed by atoms with Gasteiger partial charge in [-0.25, -0.2) is 4.98 Å². The third-order valence-electron chi connectivity index (χ3n) is 4.58. The maximum Gasteiger partial charge on any atom is 0.235 e. The molecule has 1 aromatic carbocycles. The number of imidazole rings is 1. The first-order valence-electron chi connectivity index (χ1n) is 8.92. The zero-order valence-corrected chi connectivity index (χ0v) is 17.3. The number of amides is 1. The summed E-state index contributed by atoms with van der Waals surface area (Å²) < 4.78 is 0. The van der Waals surface area contributed by atoms with Gasteiger partial charge in [-0.3, -0.25) is 4.79 Å². The third kappa shape index (κ3) is 4.09. The number of carbonyl (C=O) groups is 1. The number of fused-ring (bicyclic) bond motifs is 1. The highest BCUT2D eigenvalue weighted by molar-refractivity contribution is 7.99. The van der Waals surface area contributed by atoms with Gasteiger partial charge in [0.25, 0.3) is 0 Å². The molecule has 0 saturated heterocycles. The summed E-state index contributed by atoms with van der Waals surface area (Å²) in [6, 6.07) is 9.75. The summed E-state index contributed by atoms with van der Waals surface area (Å²) in [5.74, 6) is 0.0885. The maximum absolute atomic E-state index is 12.4. The standard InChI is InChI=1S/C20H17ClN4OS2/c21-13-7-5-12(6-8-13)16-10-23-20(24-16)27-11-18(26)25-19-15(9-22)14-3-1-2-4-17(14)28-19/h5-8,10H,1-4,11H2,(H,23,24)(H,25,26). The molecular weight excluding hydrogens is 412 g/mol. The van der Waals surface area contributed by atoms with Gasteiger partial charge in [0.2, 0.25) is 5.91 Å². The number of thiophene rings is 1. The topological polar surface area (TPSA) is 81.6 Å². The number of aromatic amines is 1. The number of nitrogens with one attached hydrogen (secondary N) is 2. The van der Waals surface area contributed by atoms with Crippen LogP contribution in [0.4, 0.5) is 5.00 Å². The number of nitriles is 1. The van der Waals surface area contributed by atoms with Crippen LogP contribution in [0.2, 0.25) is 5.02 Å². The zero-order valence-electron chi connectivity index (χ0n) is 14.9. The second-order valence-electron chi connectivity index (χ2n) is 6.47. The number of aryl methyl sites for hydroxylation is 1. The number of H-pyrrole nitrogens is 1. The highest BCUT2D eigenvalue weighted by atomic mass is 35.5. The largest absolute Gasteiger partial charge is 0.333 e. The SMILES string of the molecule is N#Cc1c(NC(=O)CSc2ncc(-c3ccc(Cl)cc3)[nH]2)sc2c1CCCC2. The van der Waals surface area contributed by atoms with Gasteiger partial charge in [-0.2, -0.15) is 5.26 Å². The van der Waals surface area contributed by atoms with Gasteiger partial charge < -0.3 is 10.3 Å². The number of hydrogen-bond acceptors (Lipinski definition) is 5. The van der Waals surface area contributed by atoms with Crippen LogP contribution in [-0.4, -0.2) is 21.6 Å². The molecule has 0 unspecified atom stereocenters. The fraction of sp³-hybridized carbons (Fsp3) is 0.250. The second kappa shape index (κ2) is 8.39. The lowest BCUT2D eigenvalue weighted by Crippen LogP contribution is -2.14. The van der Waals surface area contributed by atoms with Crippen molar-refractivity contribution >= 4 is 45.6 Å². The summed E-state index contributed by atoms with van der Waals surface area (Å²) >= 11 is 8.79. The molecule has 0 aliphatic heterocycles. The van der Waals surface area contributed by atoms with E-state index in [9.17, 15) is 10.1 Å².